The number of nitrogens with zero attached hydrogens (tertiary/aromatic N) is 3. The maximum absolute atomic E-state index is 14.6. The second kappa shape index (κ2) is 7.27. The normalized spacial score (nSPS) is 21.3. The molecule has 29 heavy (non-hydrogen) atoms. The average Bonchev–Trinajstić information content (AvgIpc) is 3.27. The predicted molar refractivity (Wildman–Crippen MR) is 95.7 cm³/mol. The Morgan fingerprint density at radius 2 is 1.97 bits per heavy atom. The summed E-state index contributed by atoms with van der Waals surface area (Å²) < 4.78 is 61.4. The Bertz CT molecular complexity index is 916. The zero-order valence-corrected chi connectivity index (χ0v) is 15.1. The van der Waals surface area contributed by atoms with Crippen molar-refractivity contribution in [3.8, 4) is 11.1 Å². The first-order chi connectivity index (χ1) is 13.8. The molecule has 0 bridgehead atoms. The first kappa shape index (κ1) is 19.6. The van der Waals surface area contributed by atoms with Crippen LogP contribution in [0, 0.1) is 11.6 Å². The van der Waals surface area contributed by atoms with Crippen molar-refractivity contribution in [2.24, 2.45) is 0 Å². The summed E-state index contributed by atoms with van der Waals surface area (Å²) in [7, 11) is 0. The van der Waals surface area contributed by atoms with Gasteiger partial charge in [-0.25, -0.2) is 13.8 Å². The number of rotatable bonds is 4. The summed E-state index contributed by atoms with van der Waals surface area (Å²) in [6, 6.07) is 4.91. The number of pyridine rings is 1. The molecule has 0 radical (unpaired) electrons. The molecule has 1 atom stereocenters. The molecule has 154 valence electrons. The third-order valence-corrected chi connectivity index (χ3v) is 5.01. The van der Waals surface area contributed by atoms with E-state index < -0.39 is 36.0 Å². The Labute approximate surface area is 163 Å². The van der Waals surface area contributed by atoms with Gasteiger partial charge in [-0.3, -0.25) is 9.69 Å². The number of aliphatic hydroxyl groups excluding tert-OH is 1. The van der Waals surface area contributed by atoms with E-state index >= 15 is 0 Å². The zero-order chi connectivity index (χ0) is 20.8. The van der Waals surface area contributed by atoms with Crippen LogP contribution in [-0.4, -0.2) is 54.5 Å². The van der Waals surface area contributed by atoms with Crippen molar-refractivity contribution in [2.75, 3.05) is 36.2 Å². The van der Waals surface area contributed by atoms with Crippen molar-refractivity contribution < 1.29 is 32.2 Å². The SMILES string of the molecule is O=C1N(c2ccc(-c3c(F)cc(N4COC(CO)C4)cc3F)cn2)CCC1(F)F. The monoisotopic (exact) mass is 411 g/mol. The molecule has 3 heterocycles. The van der Waals surface area contributed by atoms with Gasteiger partial charge in [0.25, 0.3) is 5.91 Å². The number of carbonyl (C=O) groups excluding carboxylic acids is 1. The van der Waals surface area contributed by atoms with Crippen LogP contribution in [0.4, 0.5) is 29.1 Å². The molecule has 1 aromatic heterocycles. The van der Waals surface area contributed by atoms with Gasteiger partial charge in [-0.1, -0.05) is 0 Å². The molecule has 4 rings (SSSR count). The third kappa shape index (κ3) is 3.53. The number of carbonyl (C=O) groups is 1. The molecule has 2 aliphatic heterocycles. The number of hydrogen-bond donors (Lipinski definition) is 1. The highest BCUT2D eigenvalue weighted by Crippen LogP contribution is 2.34. The number of hydrogen-bond acceptors (Lipinski definition) is 5. The highest BCUT2D eigenvalue weighted by atomic mass is 19.3. The van der Waals surface area contributed by atoms with Gasteiger partial charge >= 0.3 is 5.92 Å². The Hall–Kier alpha value is -2.72. The van der Waals surface area contributed by atoms with Gasteiger partial charge in [-0.15, -0.1) is 0 Å². The molecule has 1 amide bonds. The number of anilines is 2. The number of amides is 1. The maximum atomic E-state index is 14.6. The molecule has 2 saturated heterocycles. The molecule has 2 aliphatic rings. The largest absolute Gasteiger partial charge is 0.394 e. The van der Waals surface area contributed by atoms with Crippen molar-refractivity contribution in [3.05, 3.63) is 42.1 Å². The number of alkyl halides is 2. The first-order valence-corrected chi connectivity index (χ1v) is 8.93. The minimum Gasteiger partial charge on any atom is -0.394 e. The molecule has 1 unspecified atom stereocenters. The van der Waals surface area contributed by atoms with Crippen LogP contribution in [0.15, 0.2) is 30.5 Å². The van der Waals surface area contributed by atoms with Gasteiger partial charge in [0.1, 0.15) is 30.3 Å². The van der Waals surface area contributed by atoms with Crippen LogP contribution in [0.2, 0.25) is 0 Å². The quantitative estimate of drug-likeness (QED) is 0.784. The molecular formula is C19H17F4N3O3. The molecule has 1 N–H and O–H groups in total. The van der Waals surface area contributed by atoms with E-state index in [4.69, 9.17) is 9.84 Å². The lowest BCUT2D eigenvalue weighted by Crippen LogP contribution is -2.33. The summed E-state index contributed by atoms with van der Waals surface area (Å²) in [6.45, 7) is 0.0407. The molecule has 1 aromatic carbocycles. The van der Waals surface area contributed by atoms with E-state index in [0.717, 1.165) is 23.2 Å². The van der Waals surface area contributed by atoms with E-state index in [1.165, 1.54) is 12.1 Å². The van der Waals surface area contributed by atoms with Gasteiger partial charge < -0.3 is 14.7 Å². The van der Waals surface area contributed by atoms with Crippen LogP contribution < -0.4 is 9.80 Å². The Kier molecular flexibility index (Phi) is 4.91. The van der Waals surface area contributed by atoms with Gasteiger partial charge in [-0.05, 0) is 24.3 Å². The minimum atomic E-state index is -3.43. The second-order valence-corrected chi connectivity index (χ2v) is 6.92. The third-order valence-electron chi connectivity index (χ3n) is 5.01. The van der Waals surface area contributed by atoms with Crippen LogP contribution in [-0.2, 0) is 9.53 Å². The lowest BCUT2D eigenvalue weighted by Gasteiger charge is -2.18. The summed E-state index contributed by atoms with van der Waals surface area (Å²) in [4.78, 5) is 18.1. The second-order valence-electron chi connectivity index (χ2n) is 6.92. The van der Waals surface area contributed by atoms with Crippen molar-refractivity contribution in [1.29, 1.82) is 0 Å². The summed E-state index contributed by atoms with van der Waals surface area (Å²) in [6.07, 6.45) is 0.122. The minimum absolute atomic E-state index is 0.00220. The number of aliphatic hydroxyl groups is 1. The van der Waals surface area contributed by atoms with Crippen LogP contribution in [0.25, 0.3) is 11.1 Å². The van der Waals surface area contributed by atoms with E-state index in [1.807, 2.05) is 0 Å². The number of halogens is 4. The highest BCUT2D eigenvalue weighted by Gasteiger charge is 2.48. The van der Waals surface area contributed by atoms with Crippen LogP contribution >= 0.6 is 0 Å². The molecule has 2 aromatic rings. The molecule has 2 fully saturated rings. The van der Waals surface area contributed by atoms with Crippen LogP contribution in [0.5, 0.6) is 0 Å². The van der Waals surface area contributed by atoms with E-state index in [9.17, 15) is 22.4 Å². The molecule has 0 spiro atoms. The van der Waals surface area contributed by atoms with E-state index in [0.29, 0.717) is 6.54 Å². The fourth-order valence-electron chi connectivity index (χ4n) is 3.43. The lowest BCUT2D eigenvalue weighted by molar-refractivity contribution is -0.137. The van der Waals surface area contributed by atoms with Crippen LogP contribution in [0.1, 0.15) is 6.42 Å². The molecule has 10 heteroatoms. The van der Waals surface area contributed by atoms with Crippen molar-refractivity contribution in [1.82, 2.24) is 4.98 Å². The van der Waals surface area contributed by atoms with E-state index in [2.05, 4.69) is 4.98 Å². The topological polar surface area (TPSA) is 65.9 Å². The Morgan fingerprint density at radius 1 is 1.24 bits per heavy atom. The van der Waals surface area contributed by atoms with Gasteiger partial charge in [-0.2, -0.15) is 8.78 Å². The average molecular weight is 411 g/mol. The Morgan fingerprint density at radius 3 is 2.48 bits per heavy atom. The van der Waals surface area contributed by atoms with Crippen LogP contribution in [0.3, 0.4) is 0 Å². The van der Waals surface area contributed by atoms with E-state index in [-0.39, 0.29) is 42.5 Å². The lowest BCUT2D eigenvalue weighted by atomic mass is 10.1. The molecule has 0 saturated carbocycles. The highest BCUT2D eigenvalue weighted by molar-refractivity contribution is 6.00. The standard InChI is InChI=1S/C19H17F4N3O3/c20-14-5-12(25-8-13(9-27)29-10-25)6-15(21)17(14)11-1-2-16(24-7-11)26-4-3-19(22,23)18(26)28/h1-2,5-7,13,27H,3-4,8-10H2. The summed E-state index contributed by atoms with van der Waals surface area (Å²) in [5.74, 6) is -6.43. The summed E-state index contributed by atoms with van der Waals surface area (Å²) >= 11 is 0. The maximum Gasteiger partial charge on any atom is 0.326 e. The van der Waals surface area contributed by atoms with Gasteiger partial charge in [0.05, 0.1) is 12.2 Å². The Balaban J connectivity index is 1.58. The fourth-order valence-corrected chi connectivity index (χ4v) is 3.43. The van der Waals surface area contributed by atoms with Crippen molar-refractivity contribution in [3.63, 3.8) is 0 Å². The van der Waals surface area contributed by atoms with Gasteiger partial charge in [0, 0.05) is 37.0 Å². The summed E-state index contributed by atoms with van der Waals surface area (Å²) in [5, 5.41) is 9.11. The molecular weight excluding hydrogens is 394 g/mol. The van der Waals surface area contributed by atoms with Crippen molar-refractivity contribution in [2.45, 2.75) is 18.4 Å². The smallest absolute Gasteiger partial charge is 0.326 e. The van der Waals surface area contributed by atoms with E-state index in [1.54, 1.807) is 4.90 Å². The van der Waals surface area contributed by atoms with Crippen molar-refractivity contribution >= 4 is 17.4 Å². The van der Waals surface area contributed by atoms with Gasteiger partial charge in [0.2, 0.25) is 0 Å². The molecule has 0 aliphatic carbocycles. The summed E-state index contributed by atoms with van der Waals surface area (Å²) in [5.41, 5.74) is 0.0680. The molecule has 6 nitrogen and oxygen atoms in total. The first-order valence-electron chi connectivity index (χ1n) is 8.93. The van der Waals surface area contributed by atoms with Gasteiger partial charge in [0.15, 0.2) is 0 Å². The number of aromatic nitrogens is 1. The zero-order valence-electron chi connectivity index (χ0n) is 15.1. The fraction of sp³-hybridized carbons (Fsp3) is 0.368. The number of ether oxygens (including phenoxy) is 1. The number of benzene rings is 1. The predicted octanol–water partition coefficient (Wildman–Crippen LogP) is 2.55.